The van der Waals surface area contributed by atoms with Gasteiger partial charge in [0.2, 0.25) is 5.75 Å². The highest BCUT2D eigenvalue weighted by Crippen LogP contribution is 2.43. The van der Waals surface area contributed by atoms with Gasteiger partial charge in [0.1, 0.15) is 0 Å². The van der Waals surface area contributed by atoms with E-state index >= 15 is 0 Å². The number of hydrogen-bond acceptors (Lipinski definition) is 7. The van der Waals surface area contributed by atoms with Gasteiger partial charge in [0.05, 0.1) is 21.7 Å². The normalized spacial score (nSPS) is 11.6. The average molecular weight is 471 g/mol. The number of aromatic nitrogens is 4. The largest absolute Gasteiger partial charge is 0.504 e. The van der Waals surface area contributed by atoms with Crippen molar-refractivity contribution in [2.75, 3.05) is 0 Å². The van der Waals surface area contributed by atoms with Gasteiger partial charge in [-0.05, 0) is 19.1 Å². The third-order valence-corrected chi connectivity index (χ3v) is 5.12. The van der Waals surface area contributed by atoms with Crippen molar-refractivity contribution >= 4 is 5.69 Å². The summed E-state index contributed by atoms with van der Waals surface area (Å²) >= 11 is 0. The van der Waals surface area contributed by atoms with E-state index in [1.165, 1.54) is 18.5 Å². The number of halogens is 3. The summed E-state index contributed by atoms with van der Waals surface area (Å²) < 4.78 is 43.5. The molecule has 12 heteroatoms. The SMILES string of the molecule is Cc1cc(C(F)(F)F)c(-c2nnc(-c3cc(O)c(O)c([N+](=O)[O-])c3)n2C)c(-c2ccccc2)n1. The zero-order valence-electron chi connectivity index (χ0n) is 17.7. The van der Waals surface area contributed by atoms with Crippen molar-refractivity contribution in [3.63, 3.8) is 0 Å². The molecule has 174 valence electrons. The molecule has 0 atom stereocenters. The number of alkyl halides is 3. The second-order valence-corrected chi connectivity index (χ2v) is 7.43. The second kappa shape index (κ2) is 8.14. The predicted molar refractivity (Wildman–Crippen MR) is 115 cm³/mol. The first-order valence-electron chi connectivity index (χ1n) is 9.73. The Hall–Kier alpha value is -4.48. The van der Waals surface area contributed by atoms with E-state index in [0.29, 0.717) is 5.56 Å². The van der Waals surface area contributed by atoms with Crippen molar-refractivity contribution < 1.29 is 28.3 Å². The third kappa shape index (κ3) is 3.89. The molecule has 9 nitrogen and oxygen atoms in total. The Morgan fingerprint density at radius 1 is 1.00 bits per heavy atom. The number of hydrogen-bond donors (Lipinski definition) is 2. The first-order chi connectivity index (χ1) is 16.0. The molecule has 0 aliphatic rings. The lowest BCUT2D eigenvalue weighted by Crippen LogP contribution is -2.12. The van der Waals surface area contributed by atoms with Crippen LogP contribution in [0.1, 0.15) is 11.3 Å². The summed E-state index contributed by atoms with van der Waals surface area (Å²) in [5.74, 6) is -1.98. The summed E-state index contributed by atoms with van der Waals surface area (Å²) in [4.78, 5) is 14.6. The Kier molecular flexibility index (Phi) is 5.43. The van der Waals surface area contributed by atoms with Gasteiger partial charge in [-0.3, -0.25) is 15.1 Å². The fourth-order valence-electron chi connectivity index (χ4n) is 3.60. The summed E-state index contributed by atoms with van der Waals surface area (Å²) in [5, 5.41) is 38.7. The minimum Gasteiger partial charge on any atom is -0.504 e. The molecule has 2 N–H and O–H groups in total. The van der Waals surface area contributed by atoms with Crippen molar-refractivity contribution in [3.05, 3.63) is 69.9 Å². The molecule has 2 aromatic heterocycles. The number of nitrogens with zero attached hydrogens (tertiary/aromatic N) is 5. The van der Waals surface area contributed by atoms with Crippen molar-refractivity contribution in [1.82, 2.24) is 19.7 Å². The number of nitro groups is 1. The van der Waals surface area contributed by atoms with Crippen LogP contribution in [0.15, 0.2) is 48.5 Å². The monoisotopic (exact) mass is 471 g/mol. The molecule has 0 aliphatic carbocycles. The quantitative estimate of drug-likeness (QED) is 0.247. The molecule has 0 saturated heterocycles. The summed E-state index contributed by atoms with van der Waals surface area (Å²) in [7, 11) is 1.38. The van der Waals surface area contributed by atoms with Crippen molar-refractivity contribution in [1.29, 1.82) is 0 Å². The highest BCUT2D eigenvalue weighted by molar-refractivity contribution is 5.82. The van der Waals surface area contributed by atoms with E-state index in [1.54, 1.807) is 30.3 Å². The van der Waals surface area contributed by atoms with Gasteiger partial charge < -0.3 is 14.8 Å². The standard InChI is InChI=1S/C22H16F3N5O4/c1-11-8-14(22(23,24)25)17(18(26-11)12-6-4-3-5-7-12)21-28-27-20(29(21)2)13-9-15(30(33)34)19(32)16(31)10-13/h3-10,31-32H,1-2H3. The van der Waals surface area contributed by atoms with Crippen LogP contribution in [-0.2, 0) is 13.2 Å². The molecule has 0 saturated carbocycles. The molecule has 0 fully saturated rings. The molecule has 0 bridgehead atoms. The molecule has 4 aromatic rings. The Morgan fingerprint density at radius 2 is 1.65 bits per heavy atom. The average Bonchev–Trinajstić information content (AvgIpc) is 3.15. The van der Waals surface area contributed by atoms with Gasteiger partial charge in [0, 0.05) is 29.9 Å². The third-order valence-electron chi connectivity index (χ3n) is 5.12. The molecule has 0 unspecified atom stereocenters. The Bertz CT molecular complexity index is 1420. The predicted octanol–water partition coefficient (Wildman–Crippen LogP) is 4.86. The summed E-state index contributed by atoms with van der Waals surface area (Å²) in [6.45, 7) is 1.45. The van der Waals surface area contributed by atoms with E-state index in [9.17, 15) is 33.5 Å². The van der Waals surface area contributed by atoms with E-state index < -0.39 is 33.8 Å². The van der Waals surface area contributed by atoms with Gasteiger partial charge in [0.25, 0.3) is 0 Å². The number of nitro benzene ring substituents is 1. The Morgan fingerprint density at radius 3 is 2.26 bits per heavy atom. The second-order valence-electron chi connectivity index (χ2n) is 7.43. The minimum atomic E-state index is -4.74. The molecule has 2 heterocycles. The molecule has 2 aromatic carbocycles. The van der Waals surface area contributed by atoms with Crippen LogP contribution < -0.4 is 0 Å². The summed E-state index contributed by atoms with van der Waals surface area (Å²) in [6, 6.07) is 11.1. The number of aryl methyl sites for hydroxylation is 1. The van der Waals surface area contributed by atoms with Crippen LogP contribution in [0.5, 0.6) is 11.5 Å². The zero-order valence-corrected chi connectivity index (χ0v) is 17.7. The molecule has 4 rings (SSSR count). The first kappa shape index (κ1) is 22.7. The van der Waals surface area contributed by atoms with Gasteiger partial charge >= 0.3 is 11.9 Å². The van der Waals surface area contributed by atoms with E-state index in [0.717, 1.165) is 18.2 Å². The maximum absolute atomic E-state index is 14.1. The molecular formula is C22H16F3N5O4. The number of rotatable bonds is 4. The van der Waals surface area contributed by atoms with Gasteiger partial charge in [0.15, 0.2) is 17.4 Å². The first-order valence-corrected chi connectivity index (χ1v) is 9.73. The van der Waals surface area contributed by atoms with Crippen molar-refractivity contribution in [2.24, 2.45) is 7.05 Å². The zero-order chi connectivity index (χ0) is 24.8. The maximum atomic E-state index is 14.1. The number of phenols is 2. The summed E-state index contributed by atoms with van der Waals surface area (Å²) in [6.07, 6.45) is -4.74. The van der Waals surface area contributed by atoms with Crippen LogP contribution in [-0.4, -0.2) is 34.9 Å². The smallest absolute Gasteiger partial charge is 0.417 e. The van der Waals surface area contributed by atoms with Crippen LogP contribution in [0.4, 0.5) is 18.9 Å². The topological polar surface area (TPSA) is 127 Å². The highest BCUT2D eigenvalue weighted by atomic mass is 19.4. The van der Waals surface area contributed by atoms with Crippen LogP contribution in [0, 0.1) is 17.0 Å². The van der Waals surface area contributed by atoms with Gasteiger partial charge in [-0.25, -0.2) is 0 Å². The molecule has 0 radical (unpaired) electrons. The number of aromatic hydroxyl groups is 2. The lowest BCUT2D eigenvalue weighted by atomic mass is 9.98. The molecule has 0 spiro atoms. The van der Waals surface area contributed by atoms with Crippen molar-refractivity contribution in [2.45, 2.75) is 13.1 Å². The number of pyridine rings is 1. The lowest BCUT2D eigenvalue weighted by Gasteiger charge is -2.17. The molecule has 34 heavy (non-hydrogen) atoms. The van der Waals surface area contributed by atoms with Gasteiger partial charge in [-0.2, -0.15) is 13.2 Å². The van der Waals surface area contributed by atoms with E-state index in [4.69, 9.17) is 0 Å². The Balaban J connectivity index is 2.01. The van der Waals surface area contributed by atoms with E-state index in [-0.39, 0.29) is 34.2 Å². The highest BCUT2D eigenvalue weighted by Gasteiger charge is 2.37. The molecule has 0 aliphatic heterocycles. The number of phenolic OH excluding ortho intramolecular Hbond substituents is 2. The molecule has 0 amide bonds. The van der Waals surface area contributed by atoms with Crippen LogP contribution in [0.3, 0.4) is 0 Å². The van der Waals surface area contributed by atoms with Crippen LogP contribution in [0.25, 0.3) is 34.0 Å². The van der Waals surface area contributed by atoms with E-state index in [2.05, 4.69) is 15.2 Å². The lowest BCUT2D eigenvalue weighted by molar-refractivity contribution is -0.385. The van der Waals surface area contributed by atoms with Crippen LogP contribution >= 0.6 is 0 Å². The molecular weight excluding hydrogens is 455 g/mol. The van der Waals surface area contributed by atoms with Gasteiger partial charge in [-0.15, -0.1) is 10.2 Å². The van der Waals surface area contributed by atoms with E-state index in [1.807, 2.05) is 0 Å². The Labute approximate surface area is 189 Å². The fraction of sp³-hybridized carbons (Fsp3) is 0.136. The fourth-order valence-corrected chi connectivity index (χ4v) is 3.60. The van der Waals surface area contributed by atoms with Crippen molar-refractivity contribution in [3.8, 4) is 45.5 Å². The van der Waals surface area contributed by atoms with Gasteiger partial charge in [-0.1, -0.05) is 30.3 Å². The minimum absolute atomic E-state index is 0.0295. The number of benzene rings is 2. The summed E-state index contributed by atoms with van der Waals surface area (Å²) in [5.41, 5.74) is -1.50. The maximum Gasteiger partial charge on any atom is 0.417 e. The van der Waals surface area contributed by atoms with Crippen LogP contribution in [0.2, 0.25) is 0 Å².